The van der Waals surface area contributed by atoms with E-state index in [4.69, 9.17) is 16.7 Å². The molecule has 2 N–H and O–H groups in total. The van der Waals surface area contributed by atoms with Crippen LogP contribution < -0.4 is 5.32 Å². The Kier molecular flexibility index (Phi) is 3.99. The van der Waals surface area contributed by atoms with Gasteiger partial charge in [-0.2, -0.15) is 13.2 Å². The van der Waals surface area contributed by atoms with Gasteiger partial charge >= 0.3 is 12.1 Å². The molecule has 110 valence electrons. The molecule has 0 bridgehead atoms. The van der Waals surface area contributed by atoms with Crippen LogP contribution in [0, 0.1) is 0 Å². The molecule has 1 heterocycles. The van der Waals surface area contributed by atoms with Crippen LogP contribution in [0.2, 0.25) is 5.15 Å². The molecular weight excluding hydrogens is 311 g/mol. The number of hydrogen-bond donors (Lipinski definition) is 2. The zero-order valence-corrected chi connectivity index (χ0v) is 10.9. The van der Waals surface area contributed by atoms with Crippen LogP contribution in [0.15, 0.2) is 30.5 Å². The third kappa shape index (κ3) is 3.60. The molecule has 0 amide bonds. The molecule has 1 aromatic heterocycles. The van der Waals surface area contributed by atoms with Gasteiger partial charge in [-0.3, -0.25) is 0 Å². The van der Waals surface area contributed by atoms with Crippen LogP contribution >= 0.6 is 11.6 Å². The van der Waals surface area contributed by atoms with E-state index in [1.54, 1.807) is 0 Å². The fourth-order valence-electron chi connectivity index (χ4n) is 1.44. The van der Waals surface area contributed by atoms with Gasteiger partial charge in [0.05, 0.1) is 5.56 Å². The predicted molar refractivity (Wildman–Crippen MR) is 68.7 cm³/mol. The van der Waals surface area contributed by atoms with Gasteiger partial charge < -0.3 is 10.4 Å². The third-order valence-corrected chi connectivity index (χ3v) is 2.72. The van der Waals surface area contributed by atoms with E-state index in [0.717, 1.165) is 0 Å². The second-order valence-electron chi connectivity index (χ2n) is 3.90. The van der Waals surface area contributed by atoms with Crippen LogP contribution in [0.1, 0.15) is 15.9 Å². The fraction of sp³-hybridized carbons (Fsp3) is 0.0833. The number of carbonyl (C=O) groups is 1. The minimum Gasteiger partial charge on any atom is -0.478 e. The van der Waals surface area contributed by atoms with E-state index >= 15 is 0 Å². The Hall–Kier alpha value is -2.35. The second-order valence-corrected chi connectivity index (χ2v) is 4.26. The number of hydrogen-bond acceptors (Lipinski definition) is 4. The number of carboxylic acid groups (broad SMARTS) is 1. The van der Waals surface area contributed by atoms with E-state index in [2.05, 4.69) is 15.3 Å². The summed E-state index contributed by atoms with van der Waals surface area (Å²) in [4.78, 5) is 17.7. The summed E-state index contributed by atoms with van der Waals surface area (Å²) in [5, 5.41) is 10.6. The van der Waals surface area contributed by atoms with Crippen LogP contribution in [0.4, 0.5) is 24.8 Å². The fourth-order valence-corrected chi connectivity index (χ4v) is 1.67. The topological polar surface area (TPSA) is 75.1 Å². The van der Waals surface area contributed by atoms with Crippen molar-refractivity contribution < 1.29 is 23.1 Å². The van der Waals surface area contributed by atoms with Gasteiger partial charge in [0.15, 0.2) is 0 Å². The van der Waals surface area contributed by atoms with Crippen molar-refractivity contribution in [2.45, 2.75) is 6.18 Å². The number of rotatable bonds is 3. The first-order valence-corrected chi connectivity index (χ1v) is 5.85. The Balaban J connectivity index is 2.20. The number of aromatic carboxylic acids is 1. The molecule has 0 aliphatic carbocycles. The van der Waals surface area contributed by atoms with Gasteiger partial charge in [0.1, 0.15) is 10.7 Å². The van der Waals surface area contributed by atoms with E-state index in [9.17, 15) is 18.0 Å². The number of benzene rings is 1. The van der Waals surface area contributed by atoms with Gasteiger partial charge in [0, 0.05) is 11.9 Å². The molecule has 0 unspecified atom stereocenters. The molecule has 2 aromatic rings. The average molecular weight is 318 g/mol. The summed E-state index contributed by atoms with van der Waals surface area (Å²) < 4.78 is 37.5. The maximum Gasteiger partial charge on any atom is 0.420 e. The molecule has 0 atom stereocenters. The van der Waals surface area contributed by atoms with E-state index in [1.165, 1.54) is 24.3 Å². The van der Waals surface area contributed by atoms with Gasteiger partial charge in [-0.15, -0.1) is 0 Å². The lowest BCUT2D eigenvalue weighted by Crippen LogP contribution is -2.09. The molecule has 0 aliphatic heterocycles. The van der Waals surface area contributed by atoms with Crippen LogP contribution in [0.25, 0.3) is 0 Å². The Morgan fingerprint density at radius 3 is 2.33 bits per heavy atom. The zero-order valence-electron chi connectivity index (χ0n) is 10.1. The summed E-state index contributed by atoms with van der Waals surface area (Å²) in [7, 11) is 0. The van der Waals surface area contributed by atoms with Crippen LogP contribution in [-0.4, -0.2) is 21.0 Å². The first-order valence-electron chi connectivity index (χ1n) is 5.47. The highest BCUT2D eigenvalue weighted by molar-refractivity contribution is 6.30. The molecule has 0 fully saturated rings. The van der Waals surface area contributed by atoms with Gasteiger partial charge in [-0.25, -0.2) is 14.8 Å². The van der Waals surface area contributed by atoms with Crippen molar-refractivity contribution in [1.82, 2.24) is 9.97 Å². The molecule has 0 saturated heterocycles. The zero-order chi connectivity index (χ0) is 15.6. The summed E-state index contributed by atoms with van der Waals surface area (Å²) in [5.74, 6) is -1.22. The highest BCUT2D eigenvalue weighted by Gasteiger charge is 2.34. The van der Waals surface area contributed by atoms with Crippen molar-refractivity contribution in [1.29, 1.82) is 0 Å². The van der Waals surface area contributed by atoms with Crippen molar-refractivity contribution in [2.75, 3.05) is 5.32 Å². The Labute approximate surface area is 121 Å². The highest BCUT2D eigenvalue weighted by Crippen LogP contribution is 2.33. The standard InChI is InChI=1S/C12H7ClF3N3O2/c13-9-8(12(14,15)16)5-17-11(19-9)18-7-3-1-6(2-4-7)10(20)21/h1-5H,(H,20,21)(H,17,18,19). The van der Waals surface area contributed by atoms with Crippen molar-refractivity contribution in [3.05, 3.63) is 46.7 Å². The van der Waals surface area contributed by atoms with E-state index < -0.39 is 22.9 Å². The normalized spacial score (nSPS) is 11.2. The molecule has 2 rings (SSSR count). The summed E-state index contributed by atoms with van der Waals surface area (Å²) in [6.45, 7) is 0. The minimum atomic E-state index is -4.63. The first-order chi connectivity index (χ1) is 9.77. The number of alkyl halides is 3. The summed E-state index contributed by atoms with van der Waals surface area (Å²) in [6.07, 6.45) is -4.05. The smallest absolute Gasteiger partial charge is 0.420 e. The van der Waals surface area contributed by atoms with Gasteiger partial charge in [-0.05, 0) is 24.3 Å². The Morgan fingerprint density at radius 1 is 1.24 bits per heavy atom. The predicted octanol–water partition coefficient (Wildman–Crippen LogP) is 3.59. The molecule has 0 radical (unpaired) electrons. The quantitative estimate of drug-likeness (QED) is 0.846. The van der Waals surface area contributed by atoms with Crippen LogP contribution in [0.5, 0.6) is 0 Å². The number of nitrogens with zero attached hydrogens (tertiary/aromatic N) is 2. The third-order valence-electron chi connectivity index (χ3n) is 2.44. The van der Waals surface area contributed by atoms with Crippen LogP contribution in [-0.2, 0) is 6.18 Å². The van der Waals surface area contributed by atoms with Crippen molar-refractivity contribution >= 4 is 29.2 Å². The summed E-state index contributed by atoms with van der Waals surface area (Å²) in [6, 6.07) is 5.52. The molecule has 0 saturated carbocycles. The lowest BCUT2D eigenvalue weighted by molar-refractivity contribution is -0.137. The number of nitrogens with one attached hydrogen (secondary N) is 1. The van der Waals surface area contributed by atoms with Crippen molar-refractivity contribution in [2.24, 2.45) is 0 Å². The molecule has 0 spiro atoms. The minimum absolute atomic E-state index is 0.0759. The molecule has 5 nitrogen and oxygen atoms in total. The largest absolute Gasteiger partial charge is 0.478 e. The van der Waals surface area contributed by atoms with E-state index in [1.807, 2.05) is 0 Å². The van der Waals surface area contributed by atoms with Gasteiger partial charge in [0.2, 0.25) is 5.95 Å². The maximum atomic E-state index is 12.5. The Bertz CT molecular complexity index is 674. The number of anilines is 2. The number of carboxylic acids is 1. The van der Waals surface area contributed by atoms with E-state index in [0.29, 0.717) is 11.9 Å². The van der Waals surface area contributed by atoms with Gasteiger partial charge in [-0.1, -0.05) is 11.6 Å². The highest BCUT2D eigenvalue weighted by atomic mass is 35.5. The molecule has 9 heteroatoms. The molecular formula is C12H7ClF3N3O2. The summed E-state index contributed by atoms with van der Waals surface area (Å²) in [5.41, 5.74) is -0.640. The monoisotopic (exact) mass is 317 g/mol. The first kappa shape index (κ1) is 15.0. The lowest BCUT2D eigenvalue weighted by Gasteiger charge is -2.09. The Morgan fingerprint density at radius 2 is 1.86 bits per heavy atom. The number of halogens is 4. The average Bonchev–Trinajstić information content (AvgIpc) is 2.37. The molecule has 0 aliphatic rings. The summed E-state index contributed by atoms with van der Waals surface area (Å²) >= 11 is 5.46. The second kappa shape index (κ2) is 5.57. The SMILES string of the molecule is O=C(O)c1ccc(Nc2ncc(C(F)(F)F)c(Cl)n2)cc1. The lowest BCUT2D eigenvalue weighted by atomic mass is 10.2. The molecule has 1 aromatic carbocycles. The number of aromatic nitrogens is 2. The van der Waals surface area contributed by atoms with Crippen LogP contribution in [0.3, 0.4) is 0 Å². The maximum absolute atomic E-state index is 12.5. The molecule has 21 heavy (non-hydrogen) atoms. The van der Waals surface area contributed by atoms with Crippen molar-refractivity contribution in [3.63, 3.8) is 0 Å². The van der Waals surface area contributed by atoms with E-state index in [-0.39, 0.29) is 11.5 Å². The van der Waals surface area contributed by atoms with Gasteiger partial charge in [0.25, 0.3) is 0 Å². The van der Waals surface area contributed by atoms with Crippen molar-refractivity contribution in [3.8, 4) is 0 Å².